The zero-order valence-electron chi connectivity index (χ0n) is 9.23. The van der Waals surface area contributed by atoms with Crippen LogP contribution in [0.25, 0.3) is 0 Å². The van der Waals surface area contributed by atoms with Gasteiger partial charge in [-0.2, -0.15) is 0 Å². The number of carbonyl (C=O) groups excluding carboxylic acids is 1. The fourth-order valence-electron chi connectivity index (χ4n) is 1.26. The van der Waals surface area contributed by atoms with E-state index in [9.17, 15) is 4.79 Å². The van der Waals surface area contributed by atoms with Crippen LogP contribution in [-0.2, 0) is 9.53 Å². The number of anilines is 1. The Kier molecular flexibility index (Phi) is 3.68. The Hall–Kier alpha value is -1.55. The number of ether oxygens (including phenoxy) is 1. The Morgan fingerprint density at radius 1 is 1.47 bits per heavy atom. The van der Waals surface area contributed by atoms with E-state index < -0.39 is 12.0 Å². The second-order valence-corrected chi connectivity index (χ2v) is 3.49. The van der Waals surface area contributed by atoms with Gasteiger partial charge in [0.1, 0.15) is 6.04 Å². The first kappa shape index (κ1) is 11.5. The van der Waals surface area contributed by atoms with Crippen LogP contribution in [0.3, 0.4) is 0 Å². The monoisotopic (exact) mass is 208 g/mol. The van der Waals surface area contributed by atoms with Gasteiger partial charge in [0.05, 0.1) is 7.11 Å². The lowest BCUT2D eigenvalue weighted by Gasteiger charge is -2.15. The number of benzene rings is 1. The Bertz CT molecular complexity index is 350. The molecule has 82 valence electrons. The molecular weight excluding hydrogens is 192 g/mol. The molecular formula is C11H16N2O2. The lowest BCUT2D eigenvalue weighted by Crippen LogP contribution is -2.22. The summed E-state index contributed by atoms with van der Waals surface area (Å²) in [6.45, 7) is 0. The molecule has 0 aliphatic carbocycles. The maximum absolute atomic E-state index is 11.2. The topological polar surface area (TPSA) is 55.6 Å². The molecule has 0 fully saturated rings. The van der Waals surface area contributed by atoms with Crippen LogP contribution in [-0.4, -0.2) is 27.2 Å². The Morgan fingerprint density at radius 3 is 2.67 bits per heavy atom. The van der Waals surface area contributed by atoms with Gasteiger partial charge in [-0.15, -0.1) is 0 Å². The first-order valence-corrected chi connectivity index (χ1v) is 4.67. The van der Waals surface area contributed by atoms with Crippen LogP contribution < -0.4 is 10.6 Å². The van der Waals surface area contributed by atoms with E-state index in [2.05, 4.69) is 4.74 Å². The fourth-order valence-corrected chi connectivity index (χ4v) is 1.26. The smallest absolute Gasteiger partial charge is 0.327 e. The average molecular weight is 208 g/mol. The van der Waals surface area contributed by atoms with Crippen molar-refractivity contribution >= 4 is 11.7 Å². The number of hydrogen-bond donors (Lipinski definition) is 1. The third kappa shape index (κ3) is 2.70. The van der Waals surface area contributed by atoms with Gasteiger partial charge in [0, 0.05) is 19.8 Å². The van der Waals surface area contributed by atoms with E-state index in [1.54, 1.807) is 0 Å². The molecule has 0 aromatic heterocycles. The van der Waals surface area contributed by atoms with Crippen molar-refractivity contribution < 1.29 is 9.53 Å². The molecule has 1 unspecified atom stereocenters. The summed E-state index contributed by atoms with van der Waals surface area (Å²) in [7, 11) is 5.20. The van der Waals surface area contributed by atoms with E-state index in [0.29, 0.717) is 0 Å². The van der Waals surface area contributed by atoms with Crippen molar-refractivity contribution in [3.8, 4) is 0 Å². The van der Waals surface area contributed by atoms with E-state index in [1.165, 1.54) is 7.11 Å². The molecule has 0 amide bonds. The standard InChI is InChI=1S/C11H16N2O2/c1-13(2)9-6-4-5-8(7-9)10(12)11(14)15-3/h4-7,10H,12H2,1-3H3. The maximum Gasteiger partial charge on any atom is 0.327 e. The van der Waals surface area contributed by atoms with Gasteiger partial charge in [-0.3, -0.25) is 4.79 Å². The Labute approximate surface area is 89.6 Å². The zero-order valence-corrected chi connectivity index (χ0v) is 9.23. The summed E-state index contributed by atoms with van der Waals surface area (Å²) in [6.07, 6.45) is 0. The number of hydrogen-bond acceptors (Lipinski definition) is 4. The van der Waals surface area contributed by atoms with Crippen molar-refractivity contribution in [1.82, 2.24) is 0 Å². The third-order valence-corrected chi connectivity index (χ3v) is 2.20. The van der Waals surface area contributed by atoms with E-state index in [-0.39, 0.29) is 0 Å². The lowest BCUT2D eigenvalue weighted by molar-refractivity contribution is -0.142. The molecule has 0 aliphatic rings. The number of carbonyl (C=O) groups is 1. The van der Waals surface area contributed by atoms with Crippen molar-refractivity contribution in [2.24, 2.45) is 5.73 Å². The van der Waals surface area contributed by atoms with E-state index in [0.717, 1.165) is 11.3 Å². The predicted molar refractivity (Wildman–Crippen MR) is 59.7 cm³/mol. The van der Waals surface area contributed by atoms with Crippen LogP contribution in [0.1, 0.15) is 11.6 Å². The number of nitrogens with two attached hydrogens (primary N) is 1. The van der Waals surface area contributed by atoms with Gasteiger partial charge >= 0.3 is 5.97 Å². The summed E-state index contributed by atoms with van der Waals surface area (Å²) in [6, 6.07) is 6.80. The van der Waals surface area contributed by atoms with Crippen molar-refractivity contribution in [3.05, 3.63) is 29.8 Å². The average Bonchev–Trinajstić information content (AvgIpc) is 2.27. The van der Waals surface area contributed by atoms with Gasteiger partial charge in [-0.1, -0.05) is 12.1 Å². The summed E-state index contributed by atoms with van der Waals surface area (Å²) >= 11 is 0. The van der Waals surface area contributed by atoms with Gasteiger partial charge < -0.3 is 15.4 Å². The second kappa shape index (κ2) is 4.79. The van der Waals surface area contributed by atoms with Gasteiger partial charge in [0.25, 0.3) is 0 Å². The molecule has 2 N–H and O–H groups in total. The molecule has 1 rings (SSSR count). The minimum atomic E-state index is -0.713. The summed E-state index contributed by atoms with van der Waals surface area (Å²) in [5, 5.41) is 0. The van der Waals surface area contributed by atoms with Crippen molar-refractivity contribution in [1.29, 1.82) is 0 Å². The van der Waals surface area contributed by atoms with Crippen molar-refractivity contribution in [2.45, 2.75) is 6.04 Å². The van der Waals surface area contributed by atoms with Crippen molar-refractivity contribution in [3.63, 3.8) is 0 Å². The molecule has 0 aliphatic heterocycles. The molecule has 1 aromatic rings. The maximum atomic E-state index is 11.2. The normalized spacial score (nSPS) is 12.0. The number of rotatable bonds is 3. The van der Waals surface area contributed by atoms with Crippen LogP contribution in [0.5, 0.6) is 0 Å². The highest BCUT2D eigenvalue weighted by Gasteiger charge is 2.16. The molecule has 0 heterocycles. The number of nitrogens with zero attached hydrogens (tertiary/aromatic N) is 1. The lowest BCUT2D eigenvalue weighted by atomic mass is 10.1. The van der Waals surface area contributed by atoms with Gasteiger partial charge in [0.2, 0.25) is 0 Å². The fraction of sp³-hybridized carbons (Fsp3) is 0.364. The summed E-state index contributed by atoms with van der Waals surface area (Å²) < 4.78 is 4.59. The Balaban J connectivity index is 2.95. The van der Waals surface area contributed by atoms with Crippen LogP contribution >= 0.6 is 0 Å². The summed E-state index contributed by atoms with van der Waals surface area (Å²) in [5.41, 5.74) is 7.49. The van der Waals surface area contributed by atoms with Crippen molar-refractivity contribution in [2.75, 3.05) is 26.1 Å². The molecule has 1 aromatic carbocycles. The molecule has 4 heteroatoms. The SMILES string of the molecule is COC(=O)C(N)c1cccc(N(C)C)c1. The largest absolute Gasteiger partial charge is 0.468 e. The third-order valence-electron chi connectivity index (χ3n) is 2.20. The molecule has 0 saturated carbocycles. The molecule has 4 nitrogen and oxygen atoms in total. The van der Waals surface area contributed by atoms with Gasteiger partial charge in [-0.05, 0) is 17.7 Å². The second-order valence-electron chi connectivity index (χ2n) is 3.49. The zero-order chi connectivity index (χ0) is 11.4. The summed E-state index contributed by atoms with van der Waals surface area (Å²) in [4.78, 5) is 13.2. The first-order valence-electron chi connectivity index (χ1n) is 4.67. The summed E-state index contributed by atoms with van der Waals surface area (Å²) in [5.74, 6) is -0.425. The van der Waals surface area contributed by atoms with Crippen LogP contribution in [0.4, 0.5) is 5.69 Å². The van der Waals surface area contributed by atoms with E-state index in [4.69, 9.17) is 5.73 Å². The first-order chi connectivity index (χ1) is 7.06. The minimum Gasteiger partial charge on any atom is -0.468 e. The molecule has 0 spiro atoms. The van der Waals surface area contributed by atoms with Gasteiger partial charge in [0.15, 0.2) is 0 Å². The molecule has 15 heavy (non-hydrogen) atoms. The predicted octanol–water partition coefficient (Wildman–Crippen LogP) is 0.925. The quantitative estimate of drug-likeness (QED) is 0.751. The molecule has 0 radical (unpaired) electrons. The van der Waals surface area contributed by atoms with Crippen LogP contribution in [0, 0.1) is 0 Å². The number of esters is 1. The molecule has 0 bridgehead atoms. The van der Waals surface area contributed by atoms with Gasteiger partial charge in [-0.25, -0.2) is 0 Å². The number of methoxy groups -OCH3 is 1. The van der Waals surface area contributed by atoms with E-state index in [1.807, 2.05) is 43.3 Å². The molecule has 0 saturated heterocycles. The molecule has 1 atom stereocenters. The Morgan fingerprint density at radius 2 is 2.13 bits per heavy atom. The minimum absolute atomic E-state index is 0.425. The van der Waals surface area contributed by atoms with Crippen LogP contribution in [0.15, 0.2) is 24.3 Å². The van der Waals surface area contributed by atoms with Crippen LogP contribution in [0.2, 0.25) is 0 Å². The highest BCUT2D eigenvalue weighted by Crippen LogP contribution is 2.18. The highest BCUT2D eigenvalue weighted by molar-refractivity contribution is 5.77. The highest BCUT2D eigenvalue weighted by atomic mass is 16.5. The van der Waals surface area contributed by atoms with E-state index >= 15 is 0 Å².